The van der Waals surface area contributed by atoms with Gasteiger partial charge in [-0.05, 0) is 5.56 Å². The first-order chi connectivity index (χ1) is 13.1. The standard InChI is InChI=1S/C17H17F3N4O3S/c1-28(26,27)9-5-8-21-15(25)13-11-23-16(17(18,19)20)24-14(13)22-10-12-6-3-2-4-7-12/h2-7,9,11H,8,10H2,1H3,(H,21,25)(H,22,23,24)/b9-5+. The molecule has 11 heteroatoms. The van der Waals surface area contributed by atoms with Crippen molar-refractivity contribution in [2.45, 2.75) is 12.7 Å². The molecule has 1 aromatic heterocycles. The highest BCUT2D eigenvalue weighted by Crippen LogP contribution is 2.27. The van der Waals surface area contributed by atoms with Crippen LogP contribution in [0.4, 0.5) is 19.0 Å². The fraction of sp³-hybridized carbons (Fsp3) is 0.235. The molecule has 0 saturated carbocycles. The molecule has 0 unspecified atom stereocenters. The molecule has 0 spiro atoms. The molecular formula is C17H17F3N4O3S. The number of rotatable bonds is 7. The molecule has 2 N–H and O–H groups in total. The number of hydrogen-bond donors (Lipinski definition) is 2. The van der Waals surface area contributed by atoms with Gasteiger partial charge in [0, 0.05) is 31.0 Å². The maximum absolute atomic E-state index is 12.9. The molecule has 0 aliphatic heterocycles. The highest BCUT2D eigenvalue weighted by molar-refractivity contribution is 7.93. The summed E-state index contributed by atoms with van der Waals surface area (Å²) in [7, 11) is -3.35. The van der Waals surface area contributed by atoms with Crippen molar-refractivity contribution in [3.63, 3.8) is 0 Å². The number of nitrogens with zero attached hydrogens (tertiary/aromatic N) is 2. The Kier molecular flexibility index (Phi) is 6.73. The molecule has 150 valence electrons. The summed E-state index contributed by atoms with van der Waals surface area (Å²) in [6, 6.07) is 8.84. The molecule has 1 heterocycles. The van der Waals surface area contributed by atoms with Gasteiger partial charge in [0.15, 0.2) is 9.84 Å². The van der Waals surface area contributed by atoms with Crippen LogP contribution in [0.15, 0.2) is 48.0 Å². The summed E-state index contributed by atoms with van der Waals surface area (Å²) >= 11 is 0. The molecule has 1 aromatic carbocycles. The first kappa shape index (κ1) is 21.4. The molecule has 0 atom stereocenters. The molecule has 0 radical (unpaired) electrons. The monoisotopic (exact) mass is 414 g/mol. The second kappa shape index (κ2) is 8.83. The van der Waals surface area contributed by atoms with Crippen LogP contribution in [-0.2, 0) is 22.6 Å². The van der Waals surface area contributed by atoms with E-state index in [9.17, 15) is 26.4 Å². The Balaban J connectivity index is 2.21. The van der Waals surface area contributed by atoms with E-state index in [1.54, 1.807) is 30.3 Å². The minimum atomic E-state index is -4.77. The molecule has 0 aliphatic rings. The van der Waals surface area contributed by atoms with E-state index in [0.717, 1.165) is 23.4 Å². The predicted octanol–water partition coefficient (Wildman–Crippen LogP) is 2.40. The van der Waals surface area contributed by atoms with Crippen molar-refractivity contribution in [3.05, 3.63) is 65.0 Å². The number of benzene rings is 1. The Morgan fingerprint density at radius 2 is 1.89 bits per heavy atom. The molecule has 0 bridgehead atoms. The highest BCUT2D eigenvalue weighted by atomic mass is 32.2. The van der Waals surface area contributed by atoms with Crippen molar-refractivity contribution in [2.75, 3.05) is 18.1 Å². The smallest absolute Gasteiger partial charge is 0.365 e. The topological polar surface area (TPSA) is 101 Å². The van der Waals surface area contributed by atoms with Gasteiger partial charge in [-0.1, -0.05) is 36.4 Å². The van der Waals surface area contributed by atoms with E-state index in [-0.39, 0.29) is 24.5 Å². The fourth-order valence-corrected chi connectivity index (χ4v) is 2.52. The van der Waals surface area contributed by atoms with Crippen molar-refractivity contribution < 1.29 is 26.4 Å². The van der Waals surface area contributed by atoms with Crippen LogP contribution in [0.5, 0.6) is 0 Å². The third-order valence-electron chi connectivity index (χ3n) is 3.31. The summed E-state index contributed by atoms with van der Waals surface area (Å²) in [6.45, 7) is 0.00840. The van der Waals surface area contributed by atoms with E-state index in [1.807, 2.05) is 0 Å². The van der Waals surface area contributed by atoms with Crippen LogP contribution < -0.4 is 10.6 Å². The molecule has 2 aromatic rings. The van der Waals surface area contributed by atoms with Gasteiger partial charge < -0.3 is 10.6 Å². The van der Waals surface area contributed by atoms with Gasteiger partial charge in [-0.3, -0.25) is 4.79 Å². The quantitative estimate of drug-likeness (QED) is 0.722. The lowest BCUT2D eigenvalue weighted by atomic mass is 10.2. The fourth-order valence-electron chi connectivity index (χ4n) is 2.07. The van der Waals surface area contributed by atoms with Crippen LogP contribution in [0.25, 0.3) is 0 Å². The Morgan fingerprint density at radius 1 is 1.21 bits per heavy atom. The number of aromatic nitrogens is 2. The molecule has 0 fully saturated rings. The largest absolute Gasteiger partial charge is 0.451 e. The molecule has 1 amide bonds. The zero-order valence-corrected chi connectivity index (χ0v) is 15.5. The average Bonchev–Trinajstić information content (AvgIpc) is 2.62. The summed E-state index contributed by atoms with van der Waals surface area (Å²) < 4.78 is 60.7. The van der Waals surface area contributed by atoms with Crippen LogP contribution in [0.1, 0.15) is 21.7 Å². The van der Waals surface area contributed by atoms with E-state index in [1.165, 1.54) is 6.08 Å². The van der Waals surface area contributed by atoms with Gasteiger partial charge in [-0.2, -0.15) is 13.2 Å². The second-order valence-corrected chi connectivity index (χ2v) is 7.64. The summed E-state index contributed by atoms with van der Waals surface area (Å²) in [4.78, 5) is 18.9. The van der Waals surface area contributed by atoms with E-state index >= 15 is 0 Å². The lowest BCUT2D eigenvalue weighted by Crippen LogP contribution is -2.26. The summed E-state index contributed by atoms with van der Waals surface area (Å²) in [6.07, 6.45) is -1.80. The predicted molar refractivity (Wildman–Crippen MR) is 97.1 cm³/mol. The number of alkyl halides is 3. The maximum atomic E-state index is 12.9. The number of carbonyl (C=O) groups excluding carboxylic acids is 1. The first-order valence-corrected chi connectivity index (χ1v) is 9.88. The molecule has 28 heavy (non-hydrogen) atoms. The number of hydrogen-bond acceptors (Lipinski definition) is 6. The van der Waals surface area contributed by atoms with E-state index < -0.39 is 27.7 Å². The molecule has 7 nitrogen and oxygen atoms in total. The SMILES string of the molecule is CS(=O)(=O)/C=C/CNC(=O)c1cnc(C(F)(F)F)nc1NCc1ccccc1. The van der Waals surface area contributed by atoms with Gasteiger partial charge in [0.1, 0.15) is 11.4 Å². The minimum Gasteiger partial charge on any atom is -0.365 e. The Bertz CT molecular complexity index is 961. The number of carbonyl (C=O) groups is 1. The van der Waals surface area contributed by atoms with Crippen molar-refractivity contribution >= 4 is 21.6 Å². The summed E-state index contributed by atoms with van der Waals surface area (Å²) in [5.41, 5.74) is 0.578. The van der Waals surface area contributed by atoms with Gasteiger partial charge in [0.25, 0.3) is 5.91 Å². The van der Waals surface area contributed by atoms with Crippen molar-refractivity contribution in [1.29, 1.82) is 0 Å². The highest BCUT2D eigenvalue weighted by Gasteiger charge is 2.35. The lowest BCUT2D eigenvalue weighted by Gasteiger charge is -2.13. The van der Waals surface area contributed by atoms with Gasteiger partial charge >= 0.3 is 6.18 Å². The zero-order chi connectivity index (χ0) is 20.8. The molecule has 0 saturated heterocycles. The molecular weight excluding hydrogens is 397 g/mol. The van der Waals surface area contributed by atoms with Crippen LogP contribution in [0.2, 0.25) is 0 Å². The Hall–Kier alpha value is -2.95. The number of anilines is 1. The molecule has 0 aliphatic carbocycles. The zero-order valence-electron chi connectivity index (χ0n) is 14.7. The number of halogens is 3. The number of amides is 1. The average molecular weight is 414 g/mol. The van der Waals surface area contributed by atoms with Crippen molar-refractivity contribution in [3.8, 4) is 0 Å². The maximum Gasteiger partial charge on any atom is 0.451 e. The third kappa shape index (κ3) is 6.65. The van der Waals surface area contributed by atoms with Gasteiger partial charge in [-0.15, -0.1) is 0 Å². The normalized spacial score (nSPS) is 12.1. The first-order valence-electron chi connectivity index (χ1n) is 7.93. The lowest BCUT2D eigenvalue weighted by molar-refractivity contribution is -0.144. The molecule has 2 rings (SSSR count). The van der Waals surface area contributed by atoms with Crippen molar-refractivity contribution in [1.82, 2.24) is 15.3 Å². The third-order valence-corrected chi connectivity index (χ3v) is 4.00. The second-order valence-electron chi connectivity index (χ2n) is 5.70. The minimum absolute atomic E-state index is 0.134. The van der Waals surface area contributed by atoms with E-state index in [2.05, 4.69) is 20.6 Å². The van der Waals surface area contributed by atoms with Gasteiger partial charge in [-0.25, -0.2) is 18.4 Å². The van der Waals surface area contributed by atoms with Crippen LogP contribution in [-0.4, -0.2) is 37.1 Å². The van der Waals surface area contributed by atoms with E-state index in [4.69, 9.17) is 0 Å². The summed E-state index contributed by atoms with van der Waals surface area (Å²) in [5, 5.41) is 6.00. The number of nitrogens with one attached hydrogen (secondary N) is 2. The van der Waals surface area contributed by atoms with Crippen LogP contribution >= 0.6 is 0 Å². The van der Waals surface area contributed by atoms with Crippen LogP contribution in [0, 0.1) is 0 Å². The van der Waals surface area contributed by atoms with E-state index in [0.29, 0.717) is 0 Å². The number of sulfone groups is 1. The Morgan fingerprint density at radius 3 is 2.50 bits per heavy atom. The Labute approximate surface area is 159 Å². The van der Waals surface area contributed by atoms with Crippen molar-refractivity contribution in [2.24, 2.45) is 0 Å². The van der Waals surface area contributed by atoms with Crippen LogP contribution in [0.3, 0.4) is 0 Å². The summed E-state index contributed by atoms with van der Waals surface area (Å²) in [5.74, 6) is -2.41. The van der Waals surface area contributed by atoms with Gasteiger partial charge in [0.2, 0.25) is 5.82 Å². The van der Waals surface area contributed by atoms with Gasteiger partial charge in [0.05, 0.1) is 0 Å².